The van der Waals surface area contributed by atoms with E-state index in [1.54, 1.807) is 28.6 Å². The van der Waals surface area contributed by atoms with Crippen molar-refractivity contribution < 1.29 is 18.0 Å². The van der Waals surface area contributed by atoms with E-state index < -0.39 is 10.0 Å². The third kappa shape index (κ3) is 5.50. The maximum atomic E-state index is 12.9. The fraction of sp³-hybridized carbons (Fsp3) is 0.462. The summed E-state index contributed by atoms with van der Waals surface area (Å²) in [5.41, 5.74) is 2.24. The average Bonchev–Trinajstić information content (AvgIpc) is 3.15. The standard InChI is InChI=1S/C26H33N3O4S/c1-20-8-4-5-9-24(20)26(31)28-18-14-21(15-19-28)25(30)27-22-10-12-23(13-11-22)34(32,33)29-16-6-2-3-7-17-29/h4-5,8-13,21H,2-3,6-7,14-19H2,1H3,(H,27,30). The van der Waals surface area contributed by atoms with Crippen LogP contribution in [0, 0.1) is 12.8 Å². The van der Waals surface area contributed by atoms with Gasteiger partial charge in [0.25, 0.3) is 5.91 Å². The number of rotatable bonds is 5. The van der Waals surface area contributed by atoms with Crippen molar-refractivity contribution in [3.8, 4) is 0 Å². The lowest BCUT2D eigenvalue weighted by molar-refractivity contribution is -0.121. The molecule has 0 bridgehead atoms. The molecular weight excluding hydrogens is 450 g/mol. The lowest BCUT2D eigenvalue weighted by Gasteiger charge is -2.31. The Balaban J connectivity index is 1.32. The Morgan fingerprint density at radius 1 is 0.853 bits per heavy atom. The number of hydrogen-bond acceptors (Lipinski definition) is 4. The van der Waals surface area contributed by atoms with Crippen molar-refractivity contribution in [2.24, 2.45) is 5.92 Å². The van der Waals surface area contributed by atoms with Gasteiger partial charge in [-0.2, -0.15) is 4.31 Å². The molecule has 182 valence electrons. The third-order valence-electron chi connectivity index (χ3n) is 6.85. The van der Waals surface area contributed by atoms with Gasteiger partial charge in [-0.05, 0) is 68.5 Å². The Morgan fingerprint density at radius 2 is 1.47 bits per heavy atom. The molecule has 1 N–H and O–H groups in total. The first-order chi connectivity index (χ1) is 16.4. The minimum Gasteiger partial charge on any atom is -0.339 e. The molecule has 0 spiro atoms. The first-order valence-corrected chi connectivity index (χ1v) is 13.6. The van der Waals surface area contributed by atoms with Gasteiger partial charge in [-0.25, -0.2) is 8.42 Å². The van der Waals surface area contributed by atoms with E-state index in [0.717, 1.165) is 31.2 Å². The van der Waals surface area contributed by atoms with E-state index in [1.807, 2.05) is 36.1 Å². The van der Waals surface area contributed by atoms with Crippen molar-refractivity contribution >= 4 is 27.5 Å². The summed E-state index contributed by atoms with van der Waals surface area (Å²) in [6.07, 6.45) is 5.12. The molecule has 0 unspecified atom stereocenters. The predicted molar refractivity (Wildman–Crippen MR) is 132 cm³/mol. The van der Waals surface area contributed by atoms with Gasteiger partial charge in [0.15, 0.2) is 0 Å². The first-order valence-electron chi connectivity index (χ1n) is 12.1. The van der Waals surface area contributed by atoms with Gasteiger partial charge < -0.3 is 10.2 Å². The highest BCUT2D eigenvalue weighted by Crippen LogP contribution is 2.24. The van der Waals surface area contributed by atoms with Crippen molar-refractivity contribution in [3.05, 3.63) is 59.7 Å². The minimum atomic E-state index is -3.51. The summed E-state index contributed by atoms with van der Waals surface area (Å²) < 4.78 is 27.4. The van der Waals surface area contributed by atoms with Crippen LogP contribution in [0.15, 0.2) is 53.4 Å². The quantitative estimate of drug-likeness (QED) is 0.695. The minimum absolute atomic E-state index is 0.0122. The van der Waals surface area contributed by atoms with Crippen molar-refractivity contribution in [1.29, 1.82) is 0 Å². The lowest BCUT2D eigenvalue weighted by Crippen LogP contribution is -2.41. The maximum absolute atomic E-state index is 12.9. The van der Waals surface area contributed by atoms with Gasteiger partial charge in [0.05, 0.1) is 4.90 Å². The van der Waals surface area contributed by atoms with E-state index >= 15 is 0 Å². The zero-order valence-electron chi connectivity index (χ0n) is 19.7. The number of carbonyl (C=O) groups excluding carboxylic acids is 2. The molecule has 0 aliphatic carbocycles. The smallest absolute Gasteiger partial charge is 0.254 e. The lowest BCUT2D eigenvalue weighted by atomic mass is 9.95. The monoisotopic (exact) mass is 483 g/mol. The SMILES string of the molecule is Cc1ccccc1C(=O)N1CCC(C(=O)Nc2ccc(S(=O)(=O)N3CCCCCC3)cc2)CC1. The highest BCUT2D eigenvalue weighted by atomic mass is 32.2. The molecule has 0 radical (unpaired) electrons. The van der Waals surface area contributed by atoms with Gasteiger partial charge in [0, 0.05) is 43.3 Å². The topological polar surface area (TPSA) is 86.8 Å². The number of aryl methyl sites for hydroxylation is 1. The number of likely N-dealkylation sites (tertiary alicyclic amines) is 1. The number of hydrogen-bond donors (Lipinski definition) is 1. The molecule has 2 saturated heterocycles. The van der Waals surface area contributed by atoms with Gasteiger partial charge >= 0.3 is 0 Å². The number of sulfonamides is 1. The molecule has 7 nitrogen and oxygen atoms in total. The summed E-state index contributed by atoms with van der Waals surface area (Å²) in [4.78, 5) is 27.7. The number of amides is 2. The molecule has 2 heterocycles. The van der Waals surface area contributed by atoms with Gasteiger partial charge in [0.1, 0.15) is 0 Å². The number of anilines is 1. The van der Waals surface area contributed by atoms with Crippen LogP contribution in [0.4, 0.5) is 5.69 Å². The summed E-state index contributed by atoms with van der Waals surface area (Å²) in [5.74, 6) is -0.259. The largest absolute Gasteiger partial charge is 0.339 e. The molecule has 2 amide bonds. The van der Waals surface area contributed by atoms with E-state index in [0.29, 0.717) is 50.3 Å². The number of nitrogens with one attached hydrogen (secondary N) is 1. The Labute approximate surface area is 202 Å². The highest BCUT2D eigenvalue weighted by molar-refractivity contribution is 7.89. The fourth-order valence-electron chi connectivity index (χ4n) is 4.71. The van der Waals surface area contributed by atoms with E-state index in [4.69, 9.17) is 0 Å². The van der Waals surface area contributed by atoms with E-state index in [-0.39, 0.29) is 22.6 Å². The highest BCUT2D eigenvalue weighted by Gasteiger charge is 2.29. The molecule has 2 fully saturated rings. The number of nitrogens with zero attached hydrogens (tertiary/aromatic N) is 2. The molecule has 0 aromatic heterocycles. The third-order valence-corrected chi connectivity index (χ3v) is 8.77. The average molecular weight is 484 g/mol. The maximum Gasteiger partial charge on any atom is 0.254 e. The van der Waals surface area contributed by atoms with Crippen LogP contribution in [-0.4, -0.2) is 55.6 Å². The second-order valence-electron chi connectivity index (χ2n) is 9.21. The number of piperidine rings is 1. The fourth-order valence-corrected chi connectivity index (χ4v) is 6.23. The van der Waals surface area contributed by atoms with Crippen molar-refractivity contribution in [2.75, 3.05) is 31.5 Å². The molecule has 0 saturated carbocycles. The second-order valence-corrected chi connectivity index (χ2v) is 11.2. The van der Waals surface area contributed by atoms with Gasteiger partial charge in [-0.1, -0.05) is 31.0 Å². The van der Waals surface area contributed by atoms with Gasteiger partial charge in [-0.3, -0.25) is 9.59 Å². The van der Waals surface area contributed by atoms with Crippen LogP contribution < -0.4 is 5.32 Å². The van der Waals surface area contributed by atoms with Crippen molar-refractivity contribution in [3.63, 3.8) is 0 Å². The predicted octanol–water partition coefficient (Wildman–Crippen LogP) is 4.05. The summed E-state index contributed by atoms with van der Waals surface area (Å²) >= 11 is 0. The zero-order chi connectivity index (χ0) is 24.1. The van der Waals surface area contributed by atoms with E-state index in [2.05, 4.69) is 5.32 Å². The first kappa shape index (κ1) is 24.4. The van der Waals surface area contributed by atoms with Crippen LogP contribution >= 0.6 is 0 Å². The van der Waals surface area contributed by atoms with Crippen LogP contribution in [0.3, 0.4) is 0 Å². The molecule has 2 aliphatic heterocycles. The van der Waals surface area contributed by atoms with Crippen molar-refractivity contribution in [1.82, 2.24) is 9.21 Å². The van der Waals surface area contributed by atoms with Crippen LogP contribution in [-0.2, 0) is 14.8 Å². The molecule has 2 aromatic rings. The zero-order valence-corrected chi connectivity index (χ0v) is 20.5. The van der Waals surface area contributed by atoms with Crippen LogP contribution in [0.25, 0.3) is 0 Å². The van der Waals surface area contributed by atoms with E-state index in [1.165, 1.54) is 0 Å². The van der Waals surface area contributed by atoms with Crippen LogP contribution in [0.5, 0.6) is 0 Å². The van der Waals surface area contributed by atoms with E-state index in [9.17, 15) is 18.0 Å². The van der Waals surface area contributed by atoms with Gasteiger partial charge in [0.2, 0.25) is 15.9 Å². The second kappa shape index (κ2) is 10.7. The summed E-state index contributed by atoms with van der Waals surface area (Å²) in [7, 11) is -3.51. The number of benzene rings is 2. The van der Waals surface area contributed by atoms with Crippen LogP contribution in [0.1, 0.15) is 54.4 Å². The summed E-state index contributed by atoms with van der Waals surface area (Å²) in [6, 6.07) is 14.0. The van der Waals surface area contributed by atoms with Gasteiger partial charge in [-0.15, -0.1) is 0 Å². The van der Waals surface area contributed by atoms with Crippen molar-refractivity contribution in [2.45, 2.75) is 50.3 Å². The Kier molecular flexibility index (Phi) is 7.68. The molecular formula is C26H33N3O4S. The number of carbonyl (C=O) groups is 2. The Bertz CT molecular complexity index is 1110. The molecule has 4 rings (SSSR count). The summed E-state index contributed by atoms with van der Waals surface area (Å²) in [5, 5.41) is 2.91. The molecule has 2 aromatic carbocycles. The Morgan fingerprint density at radius 3 is 2.09 bits per heavy atom. The normalized spacial score (nSPS) is 18.3. The molecule has 8 heteroatoms. The molecule has 0 atom stereocenters. The molecule has 34 heavy (non-hydrogen) atoms. The Hall–Kier alpha value is -2.71. The summed E-state index contributed by atoms with van der Waals surface area (Å²) in [6.45, 7) is 4.13. The van der Waals surface area contributed by atoms with Crippen LogP contribution in [0.2, 0.25) is 0 Å². The molecule has 2 aliphatic rings.